The van der Waals surface area contributed by atoms with Crippen LogP contribution in [-0.4, -0.2) is 31.3 Å². The predicted molar refractivity (Wildman–Crippen MR) is 73.3 cm³/mol. The number of nitrogens with one attached hydrogen (secondary N) is 1. The van der Waals surface area contributed by atoms with Crippen LogP contribution in [0.25, 0.3) is 0 Å². The monoisotopic (exact) mass is 264 g/mol. The summed E-state index contributed by atoms with van der Waals surface area (Å²) in [5, 5.41) is 3.01. The molecule has 0 bridgehead atoms. The molecule has 0 radical (unpaired) electrons. The lowest BCUT2D eigenvalue weighted by Gasteiger charge is -2.29. The first-order valence-electron chi connectivity index (χ1n) is 6.34. The van der Waals surface area contributed by atoms with Crippen molar-refractivity contribution < 1.29 is 14.3 Å². The van der Waals surface area contributed by atoms with Crippen molar-refractivity contribution in [3.63, 3.8) is 0 Å². The summed E-state index contributed by atoms with van der Waals surface area (Å²) in [6.07, 6.45) is 0.766. The molecule has 0 aliphatic carbocycles. The molecule has 1 amide bonds. The number of hydrogen-bond donors (Lipinski definition) is 2. The van der Waals surface area contributed by atoms with Gasteiger partial charge in [-0.25, -0.2) is 0 Å². The smallest absolute Gasteiger partial charge is 0.257 e. The summed E-state index contributed by atoms with van der Waals surface area (Å²) in [6.45, 7) is 4.59. The van der Waals surface area contributed by atoms with E-state index in [1.165, 1.54) is 7.11 Å². The van der Waals surface area contributed by atoms with E-state index in [1.807, 2.05) is 13.8 Å². The molecule has 1 fully saturated rings. The van der Waals surface area contributed by atoms with Gasteiger partial charge in [-0.3, -0.25) is 4.79 Å². The Morgan fingerprint density at radius 3 is 2.89 bits per heavy atom. The number of ether oxygens (including phenoxy) is 2. The summed E-state index contributed by atoms with van der Waals surface area (Å²) in [7, 11) is 1.52. The average molecular weight is 264 g/mol. The average Bonchev–Trinajstić information content (AvgIpc) is 2.68. The van der Waals surface area contributed by atoms with Gasteiger partial charge in [0.15, 0.2) is 0 Å². The second-order valence-electron chi connectivity index (χ2n) is 5.06. The van der Waals surface area contributed by atoms with Crippen LogP contribution in [0.15, 0.2) is 18.2 Å². The topological polar surface area (TPSA) is 73.6 Å². The highest BCUT2D eigenvalue weighted by molar-refractivity contribution is 6.02. The van der Waals surface area contributed by atoms with Crippen LogP contribution in [0.2, 0.25) is 0 Å². The minimum Gasteiger partial charge on any atom is -0.496 e. The minimum atomic E-state index is -0.371. The fraction of sp³-hybridized carbons (Fsp3) is 0.500. The van der Waals surface area contributed by atoms with E-state index in [1.54, 1.807) is 18.2 Å². The van der Waals surface area contributed by atoms with Gasteiger partial charge in [0, 0.05) is 12.3 Å². The van der Waals surface area contributed by atoms with E-state index in [-0.39, 0.29) is 17.6 Å². The molecule has 1 saturated heterocycles. The molecule has 0 aromatic heterocycles. The summed E-state index contributed by atoms with van der Waals surface area (Å²) in [6, 6.07) is 5.17. The van der Waals surface area contributed by atoms with Crippen LogP contribution in [0.5, 0.6) is 5.75 Å². The maximum absolute atomic E-state index is 12.4. The van der Waals surface area contributed by atoms with Gasteiger partial charge < -0.3 is 20.5 Å². The van der Waals surface area contributed by atoms with E-state index < -0.39 is 0 Å². The highest BCUT2D eigenvalue weighted by Crippen LogP contribution is 2.28. The number of carbonyl (C=O) groups is 1. The summed E-state index contributed by atoms with van der Waals surface area (Å²) in [4.78, 5) is 12.4. The van der Waals surface area contributed by atoms with Crippen LogP contribution in [0, 0.1) is 0 Å². The third-order valence-electron chi connectivity index (χ3n) is 3.79. The number of anilines is 1. The predicted octanol–water partition coefficient (Wildman–Crippen LogP) is 1.57. The number of nitrogens with two attached hydrogens (primary N) is 1. The van der Waals surface area contributed by atoms with Crippen molar-refractivity contribution in [1.82, 2.24) is 5.32 Å². The van der Waals surface area contributed by atoms with E-state index >= 15 is 0 Å². The van der Waals surface area contributed by atoms with Crippen LogP contribution in [0.4, 0.5) is 5.69 Å². The zero-order valence-electron chi connectivity index (χ0n) is 11.5. The maximum Gasteiger partial charge on any atom is 0.257 e. The normalized spacial score (nSPS) is 26.2. The van der Waals surface area contributed by atoms with Gasteiger partial charge >= 0.3 is 0 Å². The Bertz CT molecular complexity index is 490. The number of benzene rings is 1. The van der Waals surface area contributed by atoms with Gasteiger partial charge in [0.25, 0.3) is 5.91 Å². The first kappa shape index (κ1) is 13.7. The zero-order chi connectivity index (χ0) is 14.0. The number of rotatable bonds is 3. The van der Waals surface area contributed by atoms with Gasteiger partial charge in [-0.2, -0.15) is 0 Å². The first-order valence-corrected chi connectivity index (χ1v) is 6.34. The van der Waals surface area contributed by atoms with Crippen LogP contribution in [0.1, 0.15) is 30.6 Å². The van der Waals surface area contributed by atoms with E-state index in [0.29, 0.717) is 23.6 Å². The van der Waals surface area contributed by atoms with Gasteiger partial charge in [-0.15, -0.1) is 0 Å². The minimum absolute atomic E-state index is 0.0209. The fourth-order valence-electron chi connectivity index (χ4n) is 2.28. The number of amides is 1. The van der Waals surface area contributed by atoms with Crippen LogP contribution >= 0.6 is 0 Å². The van der Waals surface area contributed by atoms with Gasteiger partial charge in [-0.05, 0) is 32.4 Å². The highest BCUT2D eigenvalue weighted by Gasteiger charge is 2.39. The number of nitrogen functional groups attached to an aromatic ring is 1. The lowest BCUT2D eigenvalue weighted by Crippen LogP contribution is -2.50. The molecular formula is C14H20N2O3. The maximum atomic E-state index is 12.4. The molecule has 104 valence electrons. The Morgan fingerprint density at radius 1 is 1.58 bits per heavy atom. The summed E-state index contributed by atoms with van der Waals surface area (Å²) in [5.74, 6) is 0.252. The van der Waals surface area contributed by atoms with Crippen molar-refractivity contribution in [3.8, 4) is 5.75 Å². The highest BCUT2D eigenvalue weighted by atomic mass is 16.5. The molecule has 0 spiro atoms. The van der Waals surface area contributed by atoms with Gasteiger partial charge in [-0.1, -0.05) is 6.07 Å². The quantitative estimate of drug-likeness (QED) is 0.813. The molecular weight excluding hydrogens is 244 g/mol. The molecule has 2 unspecified atom stereocenters. The van der Waals surface area contributed by atoms with E-state index in [0.717, 1.165) is 6.42 Å². The van der Waals surface area contributed by atoms with Crippen molar-refractivity contribution in [1.29, 1.82) is 0 Å². The van der Waals surface area contributed by atoms with Crippen LogP contribution < -0.4 is 15.8 Å². The molecule has 1 heterocycles. The molecule has 2 rings (SSSR count). The Labute approximate surface area is 113 Å². The Hall–Kier alpha value is -1.75. The second kappa shape index (κ2) is 5.09. The lowest BCUT2D eigenvalue weighted by atomic mass is 9.94. The molecule has 19 heavy (non-hydrogen) atoms. The number of carbonyl (C=O) groups excluding carboxylic acids is 1. The lowest BCUT2D eigenvalue weighted by molar-refractivity contribution is 0.0726. The van der Waals surface area contributed by atoms with E-state index in [2.05, 4.69) is 5.32 Å². The number of methoxy groups -OCH3 is 1. The van der Waals surface area contributed by atoms with E-state index in [9.17, 15) is 4.79 Å². The Morgan fingerprint density at radius 2 is 2.32 bits per heavy atom. The Balaban J connectivity index is 2.26. The van der Waals surface area contributed by atoms with Crippen LogP contribution in [-0.2, 0) is 4.74 Å². The molecule has 3 N–H and O–H groups in total. The van der Waals surface area contributed by atoms with Gasteiger partial charge in [0.2, 0.25) is 0 Å². The number of hydrogen-bond acceptors (Lipinski definition) is 4. The SMILES string of the molecule is COc1cccc(N)c1C(=O)NC1(C)CCOC1C. The van der Waals surface area contributed by atoms with Gasteiger partial charge in [0.05, 0.1) is 18.8 Å². The standard InChI is InChI=1S/C14H20N2O3/c1-9-14(2,7-8-19-9)16-13(17)12-10(15)5-4-6-11(12)18-3/h4-6,9H,7-8,15H2,1-3H3,(H,16,17). The molecule has 5 nitrogen and oxygen atoms in total. The second-order valence-corrected chi connectivity index (χ2v) is 5.06. The fourth-order valence-corrected chi connectivity index (χ4v) is 2.28. The summed E-state index contributed by atoms with van der Waals surface area (Å²) < 4.78 is 10.7. The van der Waals surface area contributed by atoms with Crippen molar-refractivity contribution in [2.75, 3.05) is 19.5 Å². The van der Waals surface area contributed by atoms with Crippen molar-refractivity contribution in [2.45, 2.75) is 31.9 Å². The third kappa shape index (κ3) is 2.51. The molecule has 1 aromatic carbocycles. The first-order chi connectivity index (χ1) is 8.98. The molecule has 2 atom stereocenters. The summed E-state index contributed by atoms with van der Waals surface area (Å²) >= 11 is 0. The molecule has 5 heteroatoms. The van der Waals surface area contributed by atoms with Crippen molar-refractivity contribution in [3.05, 3.63) is 23.8 Å². The zero-order valence-corrected chi connectivity index (χ0v) is 11.5. The molecule has 0 saturated carbocycles. The van der Waals surface area contributed by atoms with E-state index in [4.69, 9.17) is 15.2 Å². The summed E-state index contributed by atoms with van der Waals surface area (Å²) in [5.41, 5.74) is 6.30. The van der Waals surface area contributed by atoms with Crippen molar-refractivity contribution in [2.24, 2.45) is 0 Å². The largest absolute Gasteiger partial charge is 0.496 e. The van der Waals surface area contributed by atoms with Gasteiger partial charge in [0.1, 0.15) is 11.3 Å². The molecule has 1 aliphatic heterocycles. The third-order valence-corrected chi connectivity index (χ3v) is 3.79. The van der Waals surface area contributed by atoms with Crippen LogP contribution in [0.3, 0.4) is 0 Å². The molecule has 1 aliphatic rings. The Kier molecular flexibility index (Phi) is 3.66. The van der Waals surface area contributed by atoms with Crippen molar-refractivity contribution >= 4 is 11.6 Å². The molecule has 1 aromatic rings.